The summed E-state index contributed by atoms with van der Waals surface area (Å²) in [6.07, 6.45) is 1.15. The first-order chi connectivity index (χ1) is 15.6. The highest BCUT2D eigenvalue weighted by molar-refractivity contribution is 6.22. The Bertz CT molecular complexity index is 1290. The second-order valence-electron chi connectivity index (χ2n) is 8.59. The number of nitrogens with two attached hydrogens (primary N) is 1. The number of aliphatic hydroxyl groups is 3. The highest BCUT2D eigenvalue weighted by Crippen LogP contribution is 2.54. The lowest BCUT2D eigenvalue weighted by Crippen LogP contribution is -2.51. The number of benzene rings is 1. The van der Waals surface area contributed by atoms with Gasteiger partial charge in [0.1, 0.15) is 29.1 Å². The van der Waals surface area contributed by atoms with E-state index in [0.29, 0.717) is 5.56 Å². The molecular formula is C23H20N2O8. The van der Waals surface area contributed by atoms with E-state index in [1.165, 1.54) is 12.5 Å². The highest BCUT2D eigenvalue weighted by Gasteiger charge is 2.56. The normalized spacial score (nSPS) is 29.0. The Kier molecular flexibility index (Phi) is 4.47. The van der Waals surface area contributed by atoms with Crippen LogP contribution in [0.25, 0.3) is 11.5 Å². The van der Waals surface area contributed by atoms with E-state index < -0.39 is 70.1 Å². The van der Waals surface area contributed by atoms with Crippen LogP contribution in [0.1, 0.15) is 35.2 Å². The van der Waals surface area contributed by atoms with Crippen molar-refractivity contribution in [2.75, 3.05) is 0 Å². The quantitative estimate of drug-likeness (QED) is 0.423. The topological polar surface area (TPSA) is 184 Å². The van der Waals surface area contributed by atoms with Gasteiger partial charge in [0.05, 0.1) is 29.3 Å². The van der Waals surface area contributed by atoms with Gasteiger partial charge in [-0.05, 0) is 17.5 Å². The fraction of sp³-hybridized carbons (Fsp3) is 0.304. The van der Waals surface area contributed by atoms with E-state index in [-0.39, 0.29) is 29.0 Å². The van der Waals surface area contributed by atoms with Gasteiger partial charge >= 0.3 is 0 Å². The van der Waals surface area contributed by atoms with Crippen molar-refractivity contribution < 1.29 is 39.2 Å². The van der Waals surface area contributed by atoms with Gasteiger partial charge in [0, 0.05) is 23.8 Å². The van der Waals surface area contributed by atoms with Gasteiger partial charge in [0.2, 0.25) is 5.89 Å². The number of ketones is 2. The molecule has 33 heavy (non-hydrogen) atoms. The van der Waals surface area contributed by atoms with Crippen molar-refractivity contribution in [3.8, 4) is 17.2 Å². The number of aromatic hydroxyl groups is 1. The van der Waals surface area contributed by atoms with Crippen molar-refractivity contribution in [1.29, 1.82) is 0 Å². The number of Topliss-reactive ketones (excluding diaryl/α,β-unsaturated/α-hetero) is 2. The zero-order chi connectivity index (χ0) is 23.8. The van der Waals surface area contributed by atoms with E-state index in [4.69, 9.17) is 10.2 Å². The minimum Gasteiger partial charge on any atom is -0.511 e. The average Bonchev–Trinajstić information content (AvgIpc) is 3.28. The largest absolute Gasteiger partial charge is 0.511 e. The molecule has 1 amide bonds. The predicted molar refractivity (Wildman–Crippen MR) is 111 cm³/mol. The average molecular weight is 452 g/mol. The van der Waals surface area contributed by atoms with Crippen LogP contribution in [-0.2, 0) is 9.59 Å². The number of hydrogen-bond acceptors (Lipinski definition) is 9. The van der Waals surface area contributed by atoms with Crippen molar-refractivity contribution in [2.45, 2.75) is 25.4 Å². The second-order valence-corrected chi connectivity index (χ2v) is 8.59. The molecule has 0 spiro atoms. The maximum Gasteiger partial charge on any atom is 0.255 e. The summed E-state index contributed by atoms with van der Waals surface area (Å²) in [5.74, 6) is -8.10. The number of phenols is 1. The molecule has 170 valence electrons. The van der Waals surface area contributed by atoms with Gasteiger partial charge in [-0.3, -0.25) is 14.4 Å². The van der Waals surface area contributed by atoms with Gasteiger partial charge in [-0.25, -0.2) is 4.98 Å². The fourth-order valence-corrected chi connectivity index (χ4v) is 5.51. The second kappa shape index (κ2) is 7.04. The molecule has 0 aliphatic heterocycles. The molecule has 0 fully saturated rings. The molecule has 1 aromatic heterocycles. The Morgan fingerprint density at radius 2 is 1.94 bits per heavy atom. The number of carbonyl (C=O) groups is 3. The fourth-order valence-electron chi connectivity index (χ4n) is 5.51. The summed E-state index contributed by atoms with van der Waals surface area (Å²) < 4.78 is 5.23. The van der Waals surface area contributed by atoms with E-state index in [9.17, 15) is 34.8 Å². The molecule has 1 aromatic carbocycles. The van der Waals surface area contributed by atoms with Crippen LogP contribution in [-0.4, -0.2) is 49.0 Å². The molecule has 2 aromatic rings. The van der Waals surface area contributed by atoms with Crippen molar-refractivity contribution in [1.82, 2.24) is 4.98 Å². The number of carbonyl (C=O) groups excluding carboxylic acids is 3. The van der Waals surface area contributed by atoms with Crippen LogP contribution in [0.2, 0.25) is 0 Å². The smallest absolute Gasteiger partial charge is 0.255 e. The summed E-state index contributed by atoms with van der Waals surface area (Å²) >= 11 is 0. The molecule has 6 N–H and O–H groups in total. The lowest BCUT2D eigenvalue weighted by atomic mass is 9.58. The maximum atomic E-state index is 13.6. The molecule has 5 atom stereocenters. The van der Waals surface area contributed by atoms with Crippen molar-refractivity contribution in [3.05, 3.63) is 58.4 Å². The van der Waals surface area contributed by atoms with Crippen LogP contribution in [0.4, 0.5) is 0 Å². The first-order valence-corrected chi connectivity index (χ1v) is 10.3. The molecule has 5 rings (SSSR count). The molecule has 10 nitrogen and oxygen atoms in total. The van der Waals surface area contributed by atoms with Gasteiger partial charge in [-0.2, -0.15) is 0 Å². The van der Waals surface area contributed by atoms with E-state index >= 15 is 0 Å². The molecule has 0 saturated heterocycles. The standard InChI is InChI=1S/C23H20N2O8/c1-7-8-2-3-9(23-25-4-5-33-23)17(27)13(8)20(30)16-12(7)18(28)10-6-11(26)15(22(24)32)19(29)14(10)21(16)31/h2-5,7,10,12,14,18,26-28,31H,6H2,1H3,(H2,24,32)/t7-,10?,12+,14-,18+/m0/s1. The molecule has 3 aliphatic rings. The number of primary amides is 1. The molecule has 0 saturated carbocycles. The number of aromatic nitrogens is 1. The molecule has 0 radical (unpaired) electrons. The zero-order valence-corrected chi connectivity index (χ0v) is 17.3. The van der Waals surface area contributed by atoms with Crippen molar-refractivity contribution in [2.24, 2.45) is 23.5 Å². The SMILES string of the molecule is C[C@H]1c2ccc(-c3ncco3)c(O)c2C(=O)C2=C(O)[C@@H]3C(=O)C(C(N)=O)=C(O)CC3[C@@H](O)[C@@H]21. The molecule has 1 heterocycles. The summed E-state index contributed by atoms with van der Waals surface area (Å²) in [5.41, 5.74) is 4.90. The predicted octanol–water partition coefficient (Wildman–Crippen LogP) is 1.65. The maximum absolute atomic E-state index is 13.6. The summed E-state index contributed by atoms with van der Waals surface area (Å²) in [6, 6.07) is 3.17. The minimum atomic E-state index is -1.42. The summed E-state index contributed by atoms with van der Waals surface area (Å²) in [4.78, 5) is 42.2. The van der Waals surface area contributed by atoms with Crippen LogP contribution in [0.5, 0.6) is 5.75 Å². The Balaban J connectivity index is 1.70. The first kappa shape index (κ1) is 21.0. The minimum absolute atomic E-state index is 0.0848. The lowest BCUT2D eigenvalue weighted by Gasteiger charge is -2.46. The molecule has 3 aliphatic carbocycles. The van der Waals surface area contributed by atoms with Crippen LogP contribution in [0.15, 0.2) is 51.7 Å². The third-order valence-electron chi connectivity index (χ3n) is 7.01. The number of nitrogens with zero attached hydrogens (tertiary/aromatic N) is 1. The van der Waals surface area contributed by atoms with Gasteiger partial charge < -0.3 is 30.6 Å². The highest BCUT2D eigenvalue weighted by atomic mass is 16.3. The molecular weight excluding hydrogens is 432 g/mol. The molecule has 0 bridgehead atoms. The number of fused-ring (bicyclic) bond motifs is 3. The van der Waals surface area contributed by atoms with Crippen molar-refractivity contribution in [3.63, 3.8) is 0 Å². The lowest BCUT2D eigenvalue weighted by molar-refractivity contribution is -0.128. The van der Waals surface area contributed by atoms with E-state index in [1.807, 2.05) is 0 Å². The van der Waals surface area contributed by atoms with Gasteiger partial charge in [-0.1, -0.05) is 13.0 Å². The van der Waals surface area contributed by atoms with Crippen LogP contribution >= 0.6 is 0 Å². The number of hydrogen-bond donors (Lipinski definition) is 5. The van der Waals surface area contributed by atoms with E-state index in [1.54, 1.807) is 19.1 Å². The Labute approximate surface area is 186 Å². The van der Waals surface area contributed by atoms with E-state index in [0.717, 1.165) is 0 Å². The Hall–Kier alpha value is -3.92. The van der Waals surface area contributed by atoms with Crippen LogP contribution < -0.4 is 5.73 Å². The molecule has 10 heteroatoms. The third-order valence-corrected chi connectivity index (χ3v) is 7.01. The number of phenolic OH excluding ortho intramolecular Hbond substituents is 1. The monoisotopic (exact) mass is 452 g/mol. The van der Waals surface area contributed by atoms with Crippen LogP contribution in [0.3, 0.4) is 0 Å². The van der Waals surface area contributed by atoms with E-state index in [2.05, 4.69) is 4.98 Å². The van der Waals surface area contributed by atoms with Crippen molar-refractivity contribution >= 4 is 17.5 Å². The first-order valence-electron chi connectivity index (χ1n) is 10.3. The number of amides is 1. The number of aliphatic hydroxyl groups excluding tert-OH is 3. The van der Waals surface area contributed by atoms with Crippen LogP contribution in [0, 0.1) is 17.8 Å². The van der Waals surface area contributed by atoms with Gasteiger partial charge in [0.15, 0.2) is 11.6 Å². The summed E-state index contributed by atoms with van der Waals surface area (Å²) in [6.45, 7) is 1.73. The summed E-state index contributed by atoms with van der Waals surface area (Å²) in [5, 5.41) is 43.4. The number of rotatable bonds is 2. The Morgan fingerprint density at radius 3 is 2.58 bits per heavy atom. The number of allylic oxidation sites excluding steroid dienone is 2. The Morgan fingerprint density at radius 1 is 1.21 bits per heavy atom. The third kappa shape index (κ3) is 2.70. The number of oxazole rings is 1. The summed E-state index contributed by atoms with van der Waals surface area (Å²) in [7, 11) is 0. The molecule has 1 unspecified atom stereocenters. The van der Waals surface area contributed by atoms with Gasteiger partial charge in [-0.15, -0.1) is 0 Å². The van der Waals surface area contributed by atoms with Gasteiger partial charge in [0.25, 0.3) is 5.91 Å². The zero-order valence-electron chi connectivity index (χ0n) is 17.3.